The number of piperidine rings is 1. The monoisotopic (exact) mass is 263 g/mol. The van der Waals surface area contributed by atoms with Crippen LogP contribution in [-0.4, -0.2) is 40.0 Å². The van der Waals surface area contributed by atoms with E-state index < -0.39 is 11.9 Å². The van der Waals surface area contributed by atoms with Crippen LogP contribution in [0, 0.1) is 5.92 Å². The SMILES string of the molecule is NCc1cc(C(=O)N2CCCC(C(=O)O)C2)ccn1. The molecule has 3 N–H and O–H groups in total. The molecule has 1 aromatic rings. The summed E-state index contributed by atoms with van der Waals surface area (Å²) in [6, 6.07) is 3.29. The molecule has 1 saturated heterocycles. The Balaban J connectivity index is 2.12. The van der Waals surface area contributed by atoms with Crippen molar-refractivity contribution in [2.75, 3.05) is 13.1 Å². The molecule has 1 aliphatic rings. The van der Waals surface area contributed by atoms with Crippen LogP contribution in [0.2, 0.25) is 0 Å². The third-order valence-electron chi connectivity index (χ3n) is 3.33. The second-order valence-corrected chi connectivity index (χ2v) is 4.67. The molecule has 0 aromatic carbocycles. The highest BCUT2D eigenvalue weighted by Crippen LogP contribution is 2.18. The third kappa shape index (κ3) is 3.08. The van der Waals surface area contributed by atoms with Crippen molar-refractivity contribution >= 4 is 11.9 Å². The fourth-order valence-electron chi connectivity index (χ4n) is 2.27. The molecule has 0 aliphatic carbocycles. The summed E-state index contributed by atoms with van der Waals surface area (Å²) in [5.74, 6) is -1.45. The lowest BCUT2D eigenvalue weighted by Crippen LogP contribution is -2.42. The molecule has 1 aromatic heterocycles. The molecular weight excluding hydrogens is 246 g/mol. The van der Waals surface area contributed by atoms with Gasteiger partial charge in [-0.25, -0.2) is 0 Å². The van der Waals surface area contributed by atoms with Crippen LogP contribution in [0.25, 0.3) is 0 Å². The Labute approximate surface area is 111 Å². The number of aromatic nitrogens is 1. The summed E-state index contributed by atoms with van der Waals surface area (Å²) in [4.78, 5) is 28.9. The van der Waals surface area contributed by atoms with E-state index in [9.17, 15) is 9.59 Å². The van der Waals surface area contributed by atoms with Gasteiger partial charge in [-0.3, -0.25) is 14.6 Å². The second-order valence-electron chi connectivity index (χ2n) is 4.67. The summed E-state index contributed by atoms with van der Waals surface area (Å²) in [5, 5.41) is 9.03. The van der Waals surface area contributed by atoms with Gasteiger partial charge in [-0.15, -0.1) is 0 Å². The highest BCUT2D eigenvalue weighted by atomic mass is 16.4. The lowest BCUT2D eigenvalue weighted by atomic mass is 9.97. The van der Waals surface area contributed by atoms with E-state index in [1.54, 1.807) is 23.2 Å². The van der Waals surface area contributed by atoms with E-state index >= 15 is 0 Å². The van der Waals surface area contributed by atoms with E-state index in [2.05, 4.69) is 4.98 Å². The number of nitrogens with zero attached hydrogens (tertiary/aromatic N) is 2. The van der Waals surface area contributed by atoms with Crippen LogP contribution in [-0.2, 0) is 11.3 Å². The van der Waals surface area contributed by atoms with Gasteiger partial charge < -0.3 is 15.7 Å². The molecule has 6 heteroatoms. The first-order chi connectivity index (χ1) is 9.11. The summed E-state index contributed by atoms with van der Waals surface area (Å²) in [5.41, 5.74) is 6.66. The summed E-state index contributed by atoms with van der Waals surface area (Å²) in [7, 11) is 0. The molecule has 0 spiro atoms. The molecule has 19 heavy (non-hydrogen) atoms. The van der Waals surface area contributed by atoms with Crippen LogP contribution in [0.5, 0.6) is 0 Å². The van der Waals surface area contributed by atoms with E-state index in [-0.39, 0.29) is 19.0 Å². The number of carbonyl (C=O) groups is 2. The molecule has 1 aliphatic heterocycles. The Morgan fingerprint density at radius 3 is 3.00 bits per heavy atom. The molecule has 1 unspecified atom stereocenters. The highest BCUT2D eigenvalue weighted by Gasteiger charge is 2.28. The van der Waals surface area contributed by atoms with E-state index in [1.165, 1.54) is 0 Å². The topological polar surface area (TPSA) is 96.5 Å². The number of carbonyl (C=O) groups excluding carboxylic acids is 1. The largest absolute Gasteiger partial charge is 0.481 e. The molecule has 0 bridgehead atoms. The number of likely N-dealkylation sites (tertiary alicyclic amines) is 1. The first-order valence-corrected chi connectivity index (χ1v) is 6.29. The molecule has 0 saturated carbocycles. The average molecular weight is 263 g/mol. The molecule has 1 fully saturated rings. The number of amides is 1. The maximum Gasteiger partial charge on any atom is 0.308 e. The maximum absolute atomic E-state index is 12.3. The summed E-state index contributed by atoms with van der Waals surface area (Å²) < 4.78 is 0. The number of hydrogen-bond donors (Lipinski definition) is 2. The molecule has 102 valence electrons. The summed E-state index contributed by atoms with van der Waals surface area (Å²) >= 11 is 0. The quantitative estimate of drug-likeness (QED) is 0.826. The minimum absolute atomic E-state index is 0.150. The first-order valence-electron chi connectivity index (χ1n) is 6.29. The number of hydrogen-bond acceptors (Lipinski definition) is 4. The van der Waals surface area contributed by atoms with Crippen molar-refractivity contribution in [3.63, 3.8) is 0 Å². The van der Waals surface area contributed by atoms with Crippen molar-refractivity contribution < 1.29 is 14.7 Å². The predicted octanol–water partition coefficient (Wildman–Crippen LogP) is 0.477. The van der Waals surface area contributed by atoms with Crippen molar-refractivity contribution in [3.05, 3.63) is 29.6 Å². The zero-order valence-corrected chi connectivity index (χ0v) is 10.6. The van der Waals surface area contributed by atoms with Crippen LogP contribution >= 0.6 is 0 Å². The second kappa shape index (κ2) is 5.79. The van der Waals surface area contributed by atoms with Gasteiger partial charge in [0.05, 0.1) is 11.6 Å². The molecule has 0 radical (unpaired) electrons. The highest BCUT2D eigenvalue weighted by molar-refractivity contribution is 5.94. The number of nitrogens with two attached hydrogens (primary N) is 1. The zero-order chi connectivity index (χ0) is 13.8. The van der Waals surface area contributed by atoms with Gasteiger partial charge in [0.15, 0.2) is 0 Å². The molecule has 1 atom stereocenters. The van der Waals surface area contributed by atoms with E-state index in [0.717, 1.165) is 6.42 Å². The fraction of sp³-hybridized carbons (Fsp3) is 0.462. The number of rotatable bonds is 3. The molecule has 2 heterocycles. The minimum Gasteiger partial charge on any atom is -0.481 e. The summed E-state index contributed by atoms with van der Waals surface area (Å²) in [6.07, 6.45) is 2.90. The fourth-order valence-corrected chi connectivity index (χ4v) is 2.27. The van der Waals surface area contributed by atoms with Gasteiger partial charge in [-0.2, -0.15) is 0 Å². The Bertz CT molecular complexity index is 490. The Kier molecular flexibility index (Phi) is 4.11. The van der Waals surface area contributed by atoms with Crippen LogP contribution < -0.4 is 5.73 Å². The van der Waals surface area contributed by atoms with Crippen LogP contribution in [0.15, 0.2) is 18.3 Å². The average Bonchev–Trinajstić information content (AvgIpc) is 2.46. The van der Waals surface area contributed by atoms with Gasteiger partial charge >= 0.3 is 5.97 Å². The van der Waals surface area contributed by atoms with E-state index in [1.807, 2.05) is 0 Å². The molecule has 2 rings (SSSR count). The summed E-state index contributed by atoms with van der Waals surface area (Å²) in [6.45, 7) is 1.15. The maximum atomic E-state index is 12.3. The standard InChI is InChI=1S/C13H17N3O3/c14-7-11-6-9(3-4-15-11)12(17)16-5-1-2-10(8-16)13(18)19/h3-4,6,10H,1-2,5,7-8,14H2,(H,18,19). The van der Waals surface area contributed by atoms with Crippen LogP contribution in [0.1, 0.15) is 28.9 Å². The van der Waals surface area contributed by atoms with Crippen molar-refractivity contribution in [1.29, 1.82) is 0 Å². The molecule has 1 amide bonds. The van der Waals surface area contributed by atoms with Gasteiger partial charge in [-0.1, -0.05) is 0 Å². The Morgan fingerprint density at radius 1 is 1.53 bits per heavy atom. The van der Waals surface area contributed by atoms with Gasteiger partial charge in [0.1, 0.15) is 0 Å². The molecular formula is C13H17N3O3. The predicted molar refractivity (Wildman–Crippen MR) is 68.4 cm³/mol. The Hall–Kier alpha value is -1.95. The van der Waals surface area contributed by atoms with E-state index in [0.29, 0.717) is 24.2 Å². The smallest absolute Gasteiger partial charge is 0.308 e. The molecule has 6 nitrogen and oxygen atoms in total. The van der Waals surface area contributed by atoms with Gasteiger partial charge in [0.25, 0.3) is 5.91 Å². The normalized spacial score (nSPS) is 19.2. The lowest BCUT2D eigenvalue weighted by molar-refractivity contribution is -0.143. The Morgan fingerprint density at radius 2 is 2.32 bits per heavy atom. The first kappa shape index (κ1) is 13.5. The van der Waals surface area contributed by atoms with Crippen molar-refractivity contribution in [1.82, 2.24) is 9.88 Å². The van der Waals surface area contributed by atoms with Gasteiger partial charge in [0.2, 0.25) is 0 Å². The number of carboxylic acids is 1. The van der Waals surface area contributed by atoms with Crippen molar-refractivity contribution in [3.8, 4) is 0 Å². The zero-order valence-electron chi connectivity index (χ0n) is 10.6. The van der Waals surface area contributed by atoms with Crippen molar-refractivity contribution in [2.24, 2.45) is 11.7 Å². The van der Waals surface area contributed by atoms with Gasteiger partial charge in [0, 0.05) is 31.4 Å². The van der Waals surface area contributed by atoms with E-state index in [4.69, 9.17) is 10.8 Å². The number of pyridine rings is 1. The van der Waals surface area contributed by atoms with Gasteiger partial charge in [-0.05, 0) is 25.0 Å². The lowest BCUT2D eigenvalue weighted by Gasteiger charge is -2.30. The minimum atomic E-state index is -0.838. The number of carboxylic acid groups (broad SMARTS) is 1. The third-order valence-corrected chi connectivity index (χ3v) is 3.33. The van der Waals surface area contributed by atoms with Crippen LogP contribution in [0.4, 0.5) is 0 Å². The van der Waals surface area contributed by atoms with Crippen LogP contribution in [0.3, 0.4) is 0 Å². The number of aliphatic carboxylic acids is 1. The van der Waals surface area contributed by atoms with Crippen molar-refractivity contribution in [2.45, 2.75) is 19.4 Å².